The van der Waals surface area contributed by atoms with Gasteiger partial charge < -0.3 is 11.1 Å². The second kappa shape index (κ2) is 5.45. The number of nitrogens with two attached hydrogens (primary N) is 1. The molecule has 1 unspecified atom stereocenters. The molecule has 1 atom stereocenters. The summed E-state index contributed by atoms with van der Waals surface area (Å²) in [5.41, 5.74) is 7.54. The SMILES string of the molecule is Cc1ccc(C(N)=S)c(NCC2(C)CCCS2)n1. The summed E-state index contributed by atoms with van der Waals surface area (Å²) in [6.07, 6.45) is 2.55. The molecule has 2 heterocycles. The monoisotopic (exact) mass is 281 g/mol. The largest absolute Gasteiger partial charge is 0.389 e. The van der Waals surface area contributed by atoms with Crippen molar-refractivity contribution in [2.45, 2.75) is 31.4 Å². The molecule has 1 aromatic heterocycles. The molecular weight excluding hydrogens is 262 g/mol. The molecule has 5 heteroatoms. The zero-order chi connectivity index (χ0) is 13.2. The molecular formula is C13H19N3S2. The molecule has 2 rings (SSSR count). The summed E-state index contributed by atoms with van der Waals surface area (Å²) < 4.78 is 0.304. The third-order valence-electron chi connectivity index (χ3n) is 3.23. The summed E-state index contributed by atoms with van der Waals surface area (Å²) in [4.78, 5) is 4.90. The van der Waals surface area contributed by atoms with Crippen molar-refractivity contribution in [1.82, 2.24) is 4.98 Å². The Balaban J connectivity index is 2.12. The van der Waals surface area contributed by atoms with Crippen LogP contribution in [0.3, 0.4) is 0 Å². The van der Waals surface area contributed by atoms with E-state index in [1.165, 1.54) is 18.6 Å². The van der Waals surface area contributed by atoms with Crippen LogP contribution in [0.15, 0.2) is 12.1 Å². The van der Waals surface area contributed by atoms with Crippen LogP contribution in [0, 0.1) is 6.92 Å². The first-order valence-corrected chi connectivity index (χ1v) is 7.55. The Morgan fingerprint density at radius 3 is 3.00 bits per heavy atom. The van der Waals surface area contributed by atoms with Crippen molar-refractivity contribution >= 4 is 34.8 Å². The molecule has 1 aromatic rings. The highest BCUT2D eigenvalue weighted by Crippen LogP contribution is 2.37. The van der Waals surface area contributed by atoms with E-state index in [2.05, 4.69) is 17.2 Å². The highest BCUT2D eigenvalue weighted by atomic mass is 32.2. The first kappa shape index (κ1) is 13.6. The lowest BCUT2D eigenvalue weighted by atomic mass is 10.1. The van der Waals surface area contributed by atoms with Crippen molar-refractivity contribution in [3.8, 4) is 0 Å². The van der Waals surface area contributed by atoms with E-state index in [1.54, 1.807) is 0 Å². The Morgan fingerprint density at radius 2 is 2.39 bits per heavy atom. The average Bonchev–Trinajstić information content (AvgIpc) is 2.74. The van der Waals surface area contributed by atoms with Crippen LogP contribution in [0.2, 0.25) is 0 Å². The van der Waals surface area contributed by atoms with E-state index in [0.29, 0.717) is 9.74 Å². The quantitative estimate of drug-likeness (QED) is 0.831. The van der Waals surface area contributed by atoms with Gasteiger partial charge in [0.15, 0.2) is 0 Å². The number of aryl methyl sites for hydroxylation is 1. The lowest BCUT2D eigenvalue weighted by Crippen LogP contribution is -2.28. The number of anilines is 1. The van der Waals surface area contributed by atoms with Gasteiger partial charge in [0, 0.05) is 17.0 Å². The summed E-state index contributed by atoms with van der Waals surface area (Å²) >= 11 is 7.09. The number of thiocarbonyl (C=S) groups is 1. The Kier molecular flexibility index (Phi) is 4.12. The summed E-state index contributed by atoms with van der Waals surface area (Å²) in [7, 11) is 0. The minimum Gasteiger partial charge on any atom is -0.389 e. The maximum atomic E-state index is 5.73. The Bertz CT molecular complexity index is 454. The highest BCUT2D eigenvalue weighted by Gasteiger charge is 2.29. The maximum absolute atomic E-state index is 5.73. The normalized spacial score (nSPS) is 23.0. The van der Waals surface area contributed by atoms with Crippen LogP contribution in [0.25, 0.3) is 0 Å². The van der Waals surface area contributed by atoms with Crippen LogP contribution < -0.4 is 11.1 Å². The molecule has 3 nitrogen and oxygen atoms in total. The van der Waals surface area contributed by atoms with Gasteiger partial charge in [0.1, 0.15) is 10.8 Å². The molecule has 0 spiro atoms. The fraction of sp³-hybridized carbons (Fsp3) is 0.538. The fourth-order valence-corrected chi connectivity index (χ4v) is 3.55. The molecule has 0 saturated carbocycles. The lowest BCUT2D eigenvalue weighted by Gasteiger charge is -2.24. The molecule has 1 saturated heterocycles. The standard InChI is InChI=1S/C13H19N3S2/c1-9-4-5-10(11(14)17)12(16-9)15-8-13(2)6-3-7-18-13/h4-5H,3,6-8H2,1-2H3,(H2,14,17)(H,15,16). The van der Waals surface area contributed by atoms with Crippen molar-refractivity contribution < 1.29 is 0 Å². The number of thioether (sulfide) groups is 1. The molecule has 18 heavy (non-hydrogen) atoms. The molecule has 0 aromatic carbocycles. The minimum absolute atomic E-state index is 0.304. The number of nitrogens with one attached hydrogen (secondary N) is 1. The second-order valence-electron chi connectivity index (χ2n) is 4.97. The zero-order valence-electron chi connectivity index (χ0n) is 10.8. The number of rotatable bonds is 4. The van der Waals surface area contributed by atoms with Gasteiger partial charge in [-0.15, -0.1) is 0 Å². The van der Waals surface area contributed by atoms with E-state index in [9.17, 15) is 0 Å². The van der Waals surface area contributed by atoms with Crippen molar-refractivity contribution in [3.63, 3.8) is 0 Å². The Morgan fingerprint density at radius 1 is 1.61 bits per heavy atom. The van der Waals surface area contributed by atoms with Crippen LogP contribution in [0.5, 0.6) is 0 Å². The summed E-state index contributed by atoms with van der Waals surface area (Å²) in [5, 5.41) is 3.42. The number of nitrogens with zero attached hydrogens (tertiary/aromatic N) is 1. The van der Waals surface area contributed by atoms with Gasteiger partial charge >= 0.3 is 0 Å². The van der Waals surface area contributed by atoms with Gasteiger partial charge in [0.2, 0.25) is 0 Å². The first-order valence-electron chi connectivity index (χ1n) is 6.15. The first-order chi connectivity index (χ1) is 8.50. The third kappa shape index (κ3) is 3.14. The molecule has 0 bridgehead atoms. The highest BCUT2D eigenvalue weighted by molar-refractivity contribution is 8.00. The Labute approximate surface area is 118 Å². The van der Waals surface area contributed by atoms with E-state index >= 15 is 0 Å². The number of pyridine rings is 1. The van der Waals surface area contributed by atoms with Crippen LogP contribution in [-0.4, -0.2) is 27.0 Å². The van der Waals surface area contributed by atoms with E-state index in [0.717, 1.165) is 23.6 Å². The van der Waals surface area contributed by atoms with Crippen LogP contribution in [0.1, 0.15) is 31.0 Å². The Hall–Kier alpha value is -0.810. The molecule has 1 aliphatic rings. The predicted octanol–water partition coefficient (Wildman–Crippen LogP) is 2.72. The van der Waals surface area contributed by atoms with Gasteiger partial charge in [-0.3, -0.25) is 0 Å². The van der Waals surface area contributed by atoms with E-state index in [4.69, 9.17) is 18.0 Å². The molecule has 1 aliphatic heterocycles. The number of aromatic nitrogens is 1. The van der Waals surface area contributed by atoms with Crippen molar-refractivity contribution in [1.29, 1.82) is 0 Å². The van der Waals surface area contributed by atoms with Gasteiger partial charge in [-0.25, -0.2) is 4.98 Å². The third-order valence-corrected chi connectivity index (χ3v) is 4.99. The van der Waals surface area contributed by atoms with E-state index in [-0.39, 0.29) is 0 Å². The van der Waals surface area contributed by atoms with Crippen LogP contribution in [0.4, 0.5) is 5.82 Å². The number of hydrogen-bond acceptors (Lipinski definition) is 4. The van der Waals surface area contributed by atoms with Gasteiger partial charge in [0.25, 0.3) is 0 Å². The summed E-state index contributed by atoms with van der Waals surface area (Å²) in [6, 6.07) is 3.88. The molecule has 0 aliphatic carbocycles. The van der Waals surface area contributed by atoms with Crippen LogP contribution in [-0.2, 0) is 0 Å². The molecule has 1 fully saturated rings. The van der Waals surface area contributed by atoms with E-state index in [1.807, 2.05) is 30.8 Å². The minimum atomic E-state index is 0.304. The molecule has 0 radical (unpaired) electrons. The summed E-state index contributed by atoms with van der Waals surface area (Å²) in [5.74, 6) is 2.07. The lowest BCUT2D eigenvalue weighted by molar-refractivity contribution is 0.633. The average molecular weight is 281 g/mol. The van der Waals surface area contributed by atoms with Gasteiger partial charge in [-0.1, -0.05) is 12.2 Å². The van der Waals surface area contributed by atoms with Crippen molar-refractivity contribution in [2.24, 2.45) is 5.73 Å². The predicted molar refractivity (Wildman–Crippen MR) is 83.4 cm³/mol. The smallest absolute Gasteiger partial charge is 0.136 e. The second-order valence-corrected chi connectivity index (χ2v) is 7.09. The van der Waals surface area contributed by atoms with Crippen molar-refractivity contribution in [3.05, 3.63) is 23.4 Å². The zero-order valence-corrected chi connectivity index (χ0v) is 12.5. The van der Waals surface area contributed by atoms with Gasteiger partial charge in [0.05, 0.1) is 5.56 Å². The topological polar surface area (TPSA) is 50.9 Å². The van der Waals surface area contributed by atoms with Gasteiger partial charge in [-0.05, 0) is 44.6 Å². The number of hydrogen-bond donors (Lipinski definition) is 2. The molecule has 3 N–H and O–H groups in total. The van der Waals surface area contributed by atoms with Crippen molar-refractivity contribution in [2.75, 3.05) is 17.6 Å². The maximum Gasteiger partial charge on any atom is 0.136 e. The molecule has 0 amide bonds. The summed E-state index contributed by atoms with van der Waals surface area (Å²) in [6.45, 7) is 5.18. The van der Waals surface area contributed by atoms with E-state index < -0.39 is 0 Å². The van der Waals surface area contributed by atoms with Crippen LogP contribution >= 0.6 is 24.0 Å². The fourth-order valence-electron chi connectivity index (χ4n) is 2.14. The molecule has 98 valence electrons. The van der Waals surface area contributed by atoms with Gasteiger partial charge in [-0.2, -0.15) is 11.8 Å².